The predicted octanol–water partition coefficient (Wildman–Crippen LogP) is 1.55. The predicted molar refractivity (Wildman–Crippen MR) is 110 cm³/mol. The minimum Gasteiger partial charge on any atom is -0.357 e. The molecule has 1 amide bonds. The number of carbonyl (C=O) groups excluding carboxylic acids is 1. The summed E-state index contributed by atoms with van der Waals surface area (Å²) in [6.45, 7) is 13.1. The Hall–Kier alpha value is -1.67. The molecule has 0 saturated carbocycles. The third-order valence-electron chi connectivity index (χ3n) is 5.49. The molecule has 3 rings (SSSR count). The molecule has 3 heterocycles. The Morgan fingerprint density at radius 1 is 1.22 bits per heavy atom. The second kappa shape index (κ2) is 9.50. The van der Waals surface area contributed by atoms with E-state index in [1.54, 1.807) is 11.3 Å². The van der Waals surface area contributed by atoms with Gasteiger partial charge < -0.3 is 15.1 Å². The van der Waals surface area contributed by atoms with E-state index in [9.17, 15) is 4.79 Å². The third-order valence-corrected chi connectivity index (χ3v) is 6.41. The summed E-state index contributed by atoms with van der Waals surface area (Å²) in [5.74, 6) is 1.26. The number of piperazine rings is 1. The molecular formula is C19H32N6OS. The molecule has 1 N–H and O–H groups in total. The van der Waals surface area contributed by atoms with Crippen LogP contribution in [0.4, 0.5) is 0 Å². The van der Waals surface area contributed by atoms with E-state index in [2.05, 4.69) is 33.9 Å². The van der Waals surface area contributed by atoms with Crippen LogP contribution in [0.1, 0.15) is 37.3 Å². The Balaban J connectivity index is 1.55. The lowest BCUT2D eigenvalue weighted by molar-refractivity contribution is -0.135. The number of rotatable bonds is 5. The number of aliphatic imine (C=N–C) groups is 1. The fourth-order valence-corrected chi connectivity index (χ4v) is 4.43. The number of nitrogens with one attached hydrogen (secondary N) is 1. The van der Waals surface area contributed by atoms with Gasteiger partial charge in [0.1, 0.15) is 0 Å². The maximum Gasteiger partial charge on any atom is 0.239 e. The molecule has 2 saturated heterocycles. The van der Waals surface area contributed by atoms with Crippen LogP contribution in [0, 0.1) is 6.92 Å². The molecule has 1 atom stereocenters. The summed E-state index contributed by atoms with van der Waals surface area (Å²) in [5, 5.41) is 3.41. The zero-order valence-electron chi connectivity index (χ0n) is 16.8. The van der Waals surface area contributed by atoms with Gasteiger partial charge in [-0.2, -0.15) is 0 Å². The van der Waals surface area contributed by atoms with Crippen LogP contribution in [0.3, 0.4) is 0 Å². The van der Waals surface area contributed by atoms with E-state index in [0.717, 1.165) is 70.3 Å². The van der Waals surface area contributed by atoms with Crippen molar-refractivity contribution in [2.75, 3.05) is 45.8 Å². The van der Waals surface area contributed by atoms with Crippen LogP contribution in [-0.4, -0.2) is 83.4 Å². The van der Waals surface area contributed by atoms with Crippen molar-refractivity contribution in [2.45, 2.75) is 46.2 Å². The lowest BCUT2D eigenvalue weighted by Crippen LogP contribution is -2.57. The highest BCUT2D eigenvalue weighted by Crippen LogP contribution is 2.15. The van der Waals surface area contributed by atoms with Crippen molar-refractivity contribution in [3.8, 4) is 0 Å². The van der Waals surface area contributed by atoms with Gasteiger partial charge in [0, 0.05) is 50.7 Å². The van der Waals surface area contributed by atoms with Gasteiger partial charge >= 0.3 is 0 Å². The molecule has 0 radical (unpaired) electrons. The maximum absolute atomic E-state index is 12.7. The Bertz CT molecular complexity index is 646. The third kappa shape index (κ3) is 4.99. The first-order valence-corrected chi connectivity index (χ1v) is 10.9. The van der Waals surface area contributed by atoms with Gasteiger partial charge in [-0.05, 0) is 33.6 Å². The van der Waals surface area contributed by atoms with Crippen molar-refractivity contribution in [1.29, 1.82) is 0 Å². The van der Waals surface area contributed by atoms with Crippen molar-refractivity contribution in [2.24, 2.45) is 4.99 Å². The Kier molecular flexibility index (Phi) is 7.07. The molecule has 0 aromatic carbocycles. The molecule has 2 aliphatic rings. The number of hydrogen-bond donors (Lipinski definition) is 1. The average molecular weight is 393 g/mol. The summed E-state index contributed by atoms with van der Waals surface area (Å²) < 4.78 is 0. The van der Waals surface area contributed by atoms with E-state index in [1.165, 1.54) is 4.88 Å². The van der Waals surface area contributed by atoms with Gasteiger partial charge in [-0.1, -0.05) is 0 Å². The van der Waals surface area contributed by atoms with Crippen LogP contribution in [0.15, 0.2) is 10.5 Å². The minimum absolute atomic E-state index is 0.0235. The second-order valence-corrected chi connectivity index (χ2v) is 8.20. The highest BCUT2D eigenvalue weighted by molar-refractivity contribution is 7.09. The van der Waals surface area contributed by atoms with Gasteiger partial charge in [0.05, 0.1) is 23.8 Å². The quantitative estimate of drug-likeness (QED) is 0.608. The highest BCUT2D eigenvalue weighted by Gasteiger charge is 2.30. The molecule has 2 fully saturated rings. The zero-order valence-corrected chi connectivity index (χ0v) is 17.6. The molecule has 8 heteroatoms. The topological polar surface area (TPSA) is 64.1 Å². The van der Waals surface area contributed by atoms with Crippen molar-refractivity contribution in [1.82, 2.24) is 25.0 Å². The number of likely N-dealkylation sites (tertiary alicyclic amines) is 1. The number of nitrogens with zero attached hydrogens (tertiary/aromatic N) is 5. The minimum atomic E-state index is -0.0235. The molecule has 7 nitrogen and oxygen atoms in total. The standard InChI is InChI=1S/C19H32N6OS/c1-4-20-19(21-13-17-15(2)22-14-27-17)25-11-9-23(10-12-25)16(3)18(26)24-7-5-6-8-24/h14,16H,4-13H2,1-3H3,(H,20,21). The molecule has 1 unspecified atom stereocenters. The monoisotopic (exact) mass is 392 g/mol. The summed E-state index contributed by atoms with van der Waals surface area (Å²) in [4.78, 5) is 29.6. The van der Waals surface area contributed by atoms with Crippen molar-refractivity contribution in [3.63, 3.8) is 0 Å². The average Bonchev–Trinajstić information content (AvgIpc) is 3.36. The van der Waals surface area contributed by atoms with Crippen LogP contribution < -0.4 is 5.32 Å². The molecule has 1 aromatic heterocycles. The SMILES string of the molecule is CCNC(=NCc1scnc1C)N1CCN(C(C)C(=O)N2CCCC2)CC1. The number of amides is 1. The Labute approximate surface area is 166 Å². The van der Waals surface area contributed by atoms with Gasteiger partial charge in [-0.25, -0.2) is 9.98 Å². The van der Waals surface area contributed by atoms with Crippen LogP contribution in [0.25, 0.3) is 0 Å². The van der Waals surface area contributed by atoms with Gasteiger partial charge in [-0.15, -0.1) is 11.3 Å². The Morgan fingerprint density at radius 3 is 2.52 bits per heavy atom. The molecule has 150 valence electrons. The molecule has 0 bridgehead atoms. The van der Waals surface area contributed by atoms with Crippen molar-refractivity contribution in [3.05, 3.63) is 16.1 Å². The number of hydrogen-bond acceptors (Lipinski definition) is 5. The smallest absolute Gasteiger partial charge is 0.239 e. The molecule has 27 heavy (non-hydrogen) atoms. The van der Waals surface area contributed by atoms with E-state index >= 15 is 0 Å². The molecule has 1 aromatic rings. The first-order valence-electron chi connectivity index (χ1n) is 10.0. The van der Waals surface area contributed by atoms with Crippen LogP contribution >= 0.6 is 11.3 Å². The van der Waals surface area contributed by atoms with Gasteiger partial charge in [0.15, 0.2) is 5.96 Å². The molecule has 2 aliphatic heterocycles. The van der Waals surface area contributed by atoms with Gasteiger partial charge in [-0.3, -0.25) is 9.69 Å². The van der Waals surface area contributed by atoms with Crippen LogP contribution in [0.2, 0.25) is 0 Å². The Morgan fingerprint density at radius 2 is 1.93 bits per heavy atom. The summed E-state index contributed by atoms with van der Waals surface area (Å²) in [5.41, 5.74) is 2.95. The fourth-order valence-electron chi connectivity index (χ4n) is 3.73. The summed E-state index contributed by atoms with van der Waals surface area (Å²) in [6.07, 6.45) is 2.29. The van der Waals surface area contributed by atoms with Crippen molar-refractivity contribution < 1.29 is 4.79 Å². The largest absolute Gasteiger partial charge is 0.357 e. The first kappa shape index (κ1) is 20.1. The zero-order chi connectivity index (χ0) is 19.2. The number of thiazole rings is 1. The maximum atomic E-state index is 12.7. The number of carbonyl (C=O) groups is 1. The summed E-state index contributed by atoms with van der Waals surface area (Å²) >= 11 is 1.66. The van der Waals surface area contributed by atoms with E-state index in [4.69, 9.17) is 4.99 Å². The number of aryl methyl sites for hydroxylation is 1. The van der Waals surface area contributed by atoms with E-state index in [0.29, 0.717) is 12.5 Å². The normalized spacial score (nSPS) is 20.2. The lowest BCUT2D eigenvalue weighted by atomic mass is 10.2. The number of aromatic nitrogens is 1. The van der Waals surface area contributed by atoms with Crippen LogP contribution in [0.5, 0.6) is 0 Å². The fraction of sp³-hybridized carbons (Fsp3) is 0.737. The number of guanidine groups is 1. The van der Waals surface area contributed by atoms with Crippen LogP contribution in [-0.2, 0) is 11.3 Å². The van der Waals surface area contributed by atoms with E-state index in [1.807, 2.05) is 17.3 Å². The second-order valence-electron chi connectivity index (χ2n) is 7.26. The van der Waals surface area contributed by atoms with E-state index in [-0.39, 0.29) is 6.04 Å². The van der Waals surface area contributed by atoms with E-state index < -0.39 is 0 Å². The highest BCUT2D eigenvalue weighted by atomic mass is 32.1. The first-order chi connectivity index (χ1) is 13.1. The van der Waals surface area contributed by atoms with Gasteiger partial charge in [0.2, 0.25) is 5.91 Å². The molecule has 0 aliphatic carbocycles. The van der Waals surface area contributed by atoms with Crippen molar-refractivity contribution >= 4 is 23.2 Å². The molecular weight excluding hydrogens is 360 g/mol. The summed E-state index contributed by atoms with van der Waals surface area (Å²) in [6, 6.07) is -0.0235. The molecule has 0 spiro atoms. The lowest BCUT2D eigenvalue weighted by Gasteiger charge is -2.39. The van der Waals surface area contributed by atoms with Gasteiger partial charge in [0.25, 0.3) is 0 Å². The summed E-state index contributed by atoms with van der Waals surface area (Å²) in [7, 11) is 0.